The fourth-order valence-electron chi connectivity index (χ4n) is 5.29. The normalized spacial score (nSPS) is 15.2. The van der Waals surface area contributed by atoms with Crippen LogP contribution in [0.25, 0.3) is 0 Å². The molecule has 0 saturated carbocycles. The molecule has 1 atom stereocenters. The van der Waals surface area contributed by atoms with E-state index in [9.17, 15) is 10.0 Å². The Hall–Kier alpha value is -4.68. The topological polar surface area (TPSA) is 70.4 Å². The van der Waals surface area contributed by atoms with Gasteiger partial charge in [0.05, 0.1) is 23.4 Å². The molecule has 0 spiro atoms. The molecule has 2 heterocycles. The summed E-state index contributed by atoms with van der Waals surface area (Å²) < 4.78 is 2.11. The average molecular weight is 487 g/mol. The number of hydrogen-bond acceptors (Lipinski definition) is 4. The zero-order chi connectivity index (χ0) is 25.2. The molecule has 2 N–H and O–H groups in total. The van der Waals surface area contributed by atoms with Crippen molar-refractivity contribution in [1.82, 2.24) is 9.55 Å². The predicted octanol–water partition coefficient (Wildman–Crippen LogP) is 5.48. The van der Waals surface area contributed by atoms with Gasteiger partial charge in [0.25, 0.3) is 0 Å². The van der Waals surface area contributed by atoms with Crippen molar-refractivity contribution in [2.45, 2.75) is 18.0 Å². The number of hydroxylamine groups is 1. The lowest BCUT2D eigenvalue weighted by atomic mass is 9.77. The van der Waals surface area contributed by atoms with E-state index >= 15 is 0 Å². The number of imidazole rings is 1. The molecule has 1 unspecified atom stereocenters. The third-order valence-electron chi connectivity index (χ3n) is 7.01. The first kappa shape index (κ1) is 22.8. The Balaban J connectivity index is 1.46. The Kier molecular flexibility index (Phi) is 5.79. The van der Waals surface area contributed by atoms with Gasteiger partial charge in [0, 0.05) is 12.6 Å². The van der Waals surface area contributed by atoms with E-state index in [1.54, 1.807) is 12.1 Å². The first-order valence-corrected chi connectivity index (χ1v) is 12.3. The molecule has 182 valence electrons. The van der Waals surface area contributed by atoms with Gasteiger partial charge < -0.3 is 9.88 Å². The van der Waals surface area contributed by atoms with E-state index < -0.39 is 11.6 Å². The summed E-state index contributed by atoms with van der Waals surface area (Å²) in [5.74, 6) is -0.267. The zero-order valence-electron chi connectivity index (χ0n) is 20.1. The quantitative estimate of drug-likeness (QED) is 0.312. The van der Waals surface area contributed by atoms with E-state index in [-0.39, 0.29) is 12.3 Å². The highest BCUT2D eigenvalue weighted by molar-refractivity contribution is 6.03. The van der Waals surface area contributed by atoms with E-state index in [0.717, 1.165) is 21.8 Å². The maximum atomic E-state index is 12.9. The highest BCUT2D eigenvalue weighted by Crippen LogP contribution is 2.41. The molecule has 6 rings (SSSR count). The highest BCUT2D eigenvalue weighted by Gasteiger charge is 2.39. The number of fused-ring (bicyclic) bond motifs is 1. The molecule has 37 heavy (non-hydrogen) atoms. The summed E-state index contributed by atoms with van der Waals surface area (Å²) in [5.41, 5.74) is 4.44. The number of nitrogens with zero attached hydrogens (tertiary/aromatic N) is 3. The van der Waals surface area contributed by atoms with Crippen LogP contribution in [0.5, 0.6) is 0 Å². The van der Waals surface area contributed by atoms with Gasteiger partial charge in [-0.05, 0) is 28.8 Å². The Morgan fingerprint density at radius 1 is 0.757 bits per heavy atom. The Bertz CT molecular complexity index is 1420. The molecule has 5 aromatic rings. The number of carbonyl (C=O) groups excluding carboxylic acids is 1. The molecule has 0 fully saturated rings. The largest absolute Gasteiger partial charge is 0.322 e. The van der Waals surface area contributed by atoms with Crippen LogP contribution in [-0.2, 0) is 16.8 Å². The van der Waals surface area contributed by atoms with Gasteiger partial charge in [-0.2, -0.15) is 0 Å². The molecule has 0 bridgehead atoms. The number of carbonyl (C=O) groups is 1. The van der Waals surface area contributed by atoms with Crippen molar-refractivity contribution in [2.24, 2.45) is 0 Å². The summed E-state index contributed by atoms with van der Waals surface area (Å²) in [5, 5.41) is 14.8. The minimum absolute atomic E-state index is 0.248. The van der Waals surface area contributed by atoms with E-state index in [4.69, 9.17) is 4.98 Å². The van der Waals surface area contributed by atoms with Crippen molar-refractivity contribution < 1.29 is 10.0 Å². The molecular weight excluding hydrogens is 460 g/mol. The molecule has 0 aliphatic carbocycles. The number of anilines is 2. The SMILES string of the molecule is O=C1Nc2ccccc2N(O)C1Cc1cn(C(c2ccccc2)(c2ccccc2)c2ccccc2)cn1. The molecular formula is C31H26N4O2. The summed E-state index contributed by atoms with van der Waals surface area (Å²) in [6.45, 7) is 0. The second-order valence-electron chi connectivity index (χ2n) is 9.15. The van der Waals surface area contributed by atoms with Crippen LogP contribution in [0, 0.1) is 0 Å². The molecule has 1 amide bonds. The van der Waals surface area contributed by atoms with Gasteiger partial charge in [0.1, 0.15) is 11.6 Å². The molecule has 0 saturated heterocycles. The number of amides is 1. The number of aromatic nitrogens is 2. The van der Waals surface area contributed by atoms with Crippen molar-refractivity contribution in [2.75, 3.05) is 10.4 Å². The van der Waals surface area contributed by atoms with E-state index in [2.05, 4.69) is 46.3 Å². The van der Waals surface area contributed by atoms with Crippen LogP contribution in [0.1, 0.15) is 22.4 Å². The lowest BCUT2D eigenvalue weighted by molar-refractivity contribution is -0.119. The van der Waals surface area contributed by atoms with Crippen molar-refractivity contribution in [3.63, 3.8) is 0 Å². The Morgan fingerprint density at radius 2 is 1.27 bits per heavy atom. The maximum absolute atomic E-state index is 12.9. The molecule has 1 aromatic heterocycles. The van der Waals surface area contributed by atoms with Gasteiger partial charge in [-0.15, -0.1) is 0 Å². The maximum Gasteiger partial charge on any atom is 0.250 e. The number of rotatable bonds is 6. The molecule has 4 aromatic carbocycles. The minimum atomic E-state index is -0.794. The zero-order valence-corrected chi connectivity index (χ0v) is 20.1. The average Bonchev–Trinajstić information content (AvgIpc) is 3.42. The Labute approximate surface area is 215 Å². The fraction of sp³-hybridized carbons (Fsp3) is 0.0968. The summed E-state index contributed by atoms with van der Waals surface area (Å²) in [6, 6.07) is 37.5. The van der Waals surface area contributed by atoms with E-state index in [0.29, 0.717) is 17.1 Å². The first-order valence-electron chi connectivity index (χ1n) is 12.3. The lowest BCUT2D eigenvalue weighted by Crippen LogP contribution is -2.47. The summed E-state index contributed by atoms with van der Waals surface area (Å²) in [6.07, 6.45) is 4.05. The van der Waals surface area contributed by atoms with Crippen LogP contribution < -0.4 is 10.4 Å². The molecule has 1 aliphatic heterocycles. The number of para-hydroxylation sites is 2. The highest BCUT2D eigenvalue weighted by atomic mass is 16.5. The number of hydrogen-bond donors (Lipinski definition) is 2. The van der Waals surface area contributed by atoms with Crippen LogP contribution in [0.2, 0.25) is 0 Å². The fourth-order valence-corrected chi connectivity index (χ4v) is 5.29. The van der Waals surface area contributed by atoms with Crippen LogP contribution >= 0.6 is 0 Å². The lowest BCUT2D eigenvalue weighted by Gasteiger charge is -2.37. The third kappa shape index (κ3) is 3.88. The first-order chi connectivity index (χ1) is 18.2. The van der Waals surface area contributed by atoms with Crippen LogP contribution in [0.15, 0.2) is 128 Å². The summed E-state index contributed by atoms with van der Waals surface area (Å²) in [7, 11) is 0. The van der Waals surface area contributed by atoms with Gasteiger partial charge >= 0.3 is 0 Å². The molecule has 6 heteroatoms. The monoisotopic (exact) mass is 486 g/mol. The predicted molar refractivity (Wildman–Crippen MR) is 144 cm³/mol. The van der Waals surface area contributed by atoms with E-state index in [1.165, 1.54) is 0 Å². The second kappa shape index (κ2) is 9.41. The second-order valence-corrected chi connectivity index (χ2v) is 9.15. The van der Waals surface area contributed by atoms with Gasteiger partial charge in [-0.3, -0.25) is 10.0 Å². The van der Waals surface area contributed by atoms with Gasteiger partial charge in [-0.25, -0.2) is 10.0 Å². The summed E-state index contributed by atoms with van der Waals surface area (Å²) >= 11 is 0. The van der Waals surface area contributed by atoms with Crippen molar-refractivity contribution in [1.29, 1.82) is 0 Å². The third-order valence-corrected chi connectivity index (χ3v) is 7.01. The van der Waals surface area contributed by atoms with Crippen LogP contribution in [0.4, 0.5) is 11.4 Å². The van der Waals surface area contributed by atoms with Crippen molar-refractivity contribution >= 4 is 17.3 Å². The van der Waals surface area contributed by atoms with Crippen molar-refractivity contribution in [3.8, 4) is 0 Å². The Morgan fingerprint density at radius 3 is 1.84 bits per heavy atom. The minimum Gasteiger partial charge on any atom is -0.322 e. The molecule has 1 aliphatic rings. The van der Waals surface area contributed by atoms with Crippen LogP contribution in [0.3, 0.4) is 0 Å². The number of benzene rings is 4. The number of nitrogens with one attached hydrogen (secondary N) is 1. The van der Waals surface area contributed by atoms with Gasteiger partial charge in [-0.1, -0.05) is 103 Å². The van der Waals surface area contributed by atoms with E-state index in [1.807, 2.05) is 79.3 Å². The molecule has 0 radical (unpaired) electrons. The standard InChI is InChI=1S/C31H26N4O2/c36-30-29(35(37)28-19-11-10-18-27(28)33-30)20-26-21-34(22-32-26)31(23-12-4-1-5-13-23,24-14-6-2-7-15-24)25-16-8-3-9-17-25/h1-19,21-22,29,37H,20H2,(H,33,36). The van der Waals surface area contributed by atoms with Crippen molar-refractivity contribution in [3.05, 3.63) is 150 Å². The van der Waals surface area contributed by atoms with Crippen LogP contribution in [-0.4, -0.2) is 26.7 Å². The molecule has 6 nitrogen and oxygen atoms in total. The smallest absolute Gasteiger partial charge is 0.250 e. The van der Waals surface area contributed by atoms with Gasteiger partial charge in [0.15, 0.2) is 0 Å². The van der Waals surface area contributed by atoms with Gasteiger partial charge in [0.2, 0.25) is 5.91 Å². The summed E-state index contributed by atoms with van der Waals surface area (Å²) in [4.78, 5) is 17.6.